The first-order chi connectivity index (χ1) is 8.33. The Hall–Kier alpha value is -1.54. The van der Waals surface area contributed by atoms with E-state index in [-0.39, 0.29) is 5.78 Å². The minimum Gasteiger partial charge on any atom is -0.289 e. The van der Waals surface area contributed by atoms with Crippen LogP contribution in [0.25, 0.3) is 0 Å². The van der Waals surface area contributed by atoms with Crippen molar-refractivity contribution in [1.29, 1.82) is 0 Å². The molecule has 0 aromatic heterocycles. The van der Waals surface area contributed by atoms with Crippen LogP contribution < -0.4 is 0 Å². The summed E-state index contributed by atoms with van der Waals surface area (Å²) in [5.41, 5.74) is 1.54. The van der Waals surface area contributed by atoms with Crippen molar-refractivity contribution in [1.82, 2.24) is 0 Å². The highest BCUT2D eigenvalue weighted by atomic mass is 32.2. The molecule has 1 nitrogen and oxygen atoms in total. The predicted molar refractivity (Wildman–Crippen MR) is 72.7 cm³/mol. The van der Waals surface area contributed by atoms with E-state index in [1.165, 1.54) is 0 Å². The molecule has 0 spiro atoms. The molecule has 0 saturated heterocycles. The largest absolute Gasteiger partial charge is 0.289 e. The minimum atomic E-state index is 0.0992. The number of hydrogen-bond acceptors (Lipinski definition) is 2. The summed E-state index contributed by atoms with van der Waals surface area (Å²) in [5, 5.41) is 0. The lowest BCUT2D eigenvalue weighted by molar-refractivity contribution is 0.103. The molecule has 0 N–H and O–H groups in total. The van der Waals surface area contributed by atoms with Crippen molar-refractivity contribution < 1.29 is 4.79 Å². The van der Waals surface area contributed by atoms with Gasteiger partial charge in [-0.25, -0.2) is 0 Å². The van der Waals surface area contributed by atoms with Gasteiger partial charge in [0.05, 0.1) is 0 Å². The molecule has 0 bridgehead atoms. The second-order valence-electron chi connectivity index (χ2n) is 3.62. The molecule has 0 unspecified atom stereocenters. The Morgan fingerprint density at radius 2 is 1.65 bits per heavy atom. The molecule has 2 heteroatoms. The van der Waals surface area contributed by atoms with Gasteiger partial charge in [-0.05, 0) is 17.9 Å². The molecule has 0 saturated carbocycles. The number of benzene rings is 2. The van der Waals surface area contributed by atoms with Gasteiger partial charge < -0.3 is 0 Å². The van der Waals surface area contributed by atoms with Crippen LogP contribution in [-0.4, -0.2) is 11.5 Å². The Labute approximate surface area is 106 Å². The highest BCUT2D eigenvalue weighted by Crippen LogP contribution is 2.24. The second kappa shape index (κ2) is 5.69. The Morgan fingerprint density at radius 1 is 1.00 bits per heavy atom. The lowest BCUT2D eigenvalue weighted by Gasteiger charge is -2.06. The summed E-state index contributed by atoms with van der Waals surface area (Å²) in [6.45, 7) is 2.09. The fraction of sp³-hybridized carbons (Fsp3) is 0.133. The van der Waals surface area contributed by atoms with Crippen molar-refractivity contribution in [2.75, 3.05) is 5.75 Å². The fourth-order valence-electron chi connectivity index (χ4n) is 1.68. The van der Waals surface area contributed by atoms with Crippen molar-refractivity contribution in [3.05, 3.63) is 65.7 Å². The minimum absolute atomic E-state index is 0.0992. The van der Waals surface area contributed by atoms with Crippen LogP contribution in [0.3, 0.4) is 0 Å². The summed E-state index contributed by atoms with van der Waals surface area (Å²) in [5.74, 6) is 1.07. The second-order valence-corrected chi connectivity index (χ2v) is 4.93. The fourth-order valence-corrected chi connectivity index (χ4v) is 2.48. The van der Waals surface area contributed by atoms with Crippen LogP contribution in [0.2, 0.25) is 0 Å². The van der Waals surface area contributed by atoms with Crippen LogP contribution in [0.5, 0.6) is 0 Å². The monoisotopic (exact) mass is 242 g/mol. The molecule has 0 heterocycles. The van der Waals surface area contributed by atoms with E-state index in [0.29, 0.717) is 0 Å². The highest BCUT2D eigenvalue weighted by molar-refractivity contribution is 7.99. The summed E-state index contributed by atoms with van der Waals surface area (Å²) in [4.78, 5) is 13.4. The maximum absolute atomic E-state index is 12.3. The quantitative estimate of drug-likeness (QED) is 0.595. The van der Waals surface area contributed by atoms with Crippen molar-refractivity contribution in [2.45, 2.75) is 11.8 Å². The maximum Gasteiger partial charge on any atom is 0.194 e. The van der Waals surface area contributed by atoms with Crippen LogP contribution >= 0.6 is 11.8 Å². The SMILES string of the molecule is CCSc1ccccc1C(=O)c1ccccc1. The van der Waals surface area contributed by atoms with Gasteiger partial charge in [0.15, 0.2) is 5.78 Å². The van der Waals surface area contributed by atoms with Gasteiger partial charge in [0.25, 0.3) is 0 Å². The molecule has 17 heavy (non-hydrogen) atoms. The van der Waals surface area contributed by atoms with E-state index >= 15 is 0 Å². The van der Waals surface area contributed by atoms with Gasteiger partial charge in [0, 0.05) is 16.0 Å². The summed E-state index contributed by atoms with van der Waals surface area (Å²) in [6.07, 6.45) is 0. The summed E-state index contributed by atoms with van der Waals surface area (Å²) in [6, 6.07) is 17.2. The molecule has 0 aliphatic carbocycles. The van der Waals surface area contributed by atoms with Gasteiger partial charge in [0.1, 0.15) is 0 Å². The highest BCUT2D eigenvalue weighted by Gasteiger charge is 2.12. The summed E-state index contributed by atoms with van der Waals surface area (Å²) >= 11 is 1.70. The van der Waals surface area contributed by atoms with Crippen LogP contribution in [0, 0.1) is 0 Å². The van der Waals surface area contributed by atoms with Gasteiger partial charge in [-0.1, -0.05) is 49.4 Å². The molecule has 0 aliphatic rings. The lowest BCUT2D eigenvalue weighted by atomic mass is 10.0. The molecule has 2 aromatic carbocycles. The molecule has 0 radical (unpaired) electrons. The van der Waals surface area contributed by atoms with Crippen molar-refractivity contribution in [2.24, 2.45) is 0 Å². The Morgan fingerprint density at radius 3 is 2.35 bits per heavy atom. The zero-order chi connectivity index (χ0) is 12.1. The maximum atomic E-state index is 12.3. The van der Waals surface area contributed by atoms with Crippen LogP contribution in [0.15, 0.2) is 59.5 Å². The molecular formula is C15H14OS. The first-order valence-corrected chi connectivity index (χ1v) is 6.63. The molecule has 0 aliphatic heterocycles. The van der Waals surface area contributed by atoms with E-state index < -0.39 is 0 Å². The number of carbonyl (C=O) groups excluding carboxylic acids is 1. The van der Waals surface area contributed by atoms with Crippen molar-refractivity contribution >= 4 is 17.5 Å². The number of ketones is 1. The molecular weight excluding hydrogens is 228 g/mol. The van der Waals surface area contributed by atoms with E-state index in [9.17, 15) is 4.79 Å². The Kier molecular flexibility index (Phi) is 3.99. The molecule has 86 valence electrons. The molecule has 0 atom stereocenters. The third-order valence-corrected chi connectivity index (χ3v) is 3.42. The zero-order valence-corrected chi connectivity index (χ0v) is 10.5. The number of thioether (sulfide) groups is 1. The van der Waals surface area contributed by atoms with E-state index in [1.807, 2.05) is 54.6 Å². The average molecular weight is 242 g/mol. The summed E-state index contributed by atoms with van der Waals surface area (Å²) in [7, 11) is 0. The topological polar surface area (TPSA) is 17.1 Å². The smallest absolute Gasteiger partial charge is 0.194 e. The van der Waals surface area contributed by atoms with E-state index in [0.717, 1.165) is 21.8 Å². The zero-order valence-electron chi connectivity index (χ0n) is 9.72. The molecule has 2 aromatic rings. The normalized spacial score (nSPS) is 10.2. The van der Waals surface area contributed by atoms with Crippen LogP contribution in [0.1, 0.15) is 22.8 Å². The van der Waals surface area contributed by atoms with Gasteiger partial charge in [0.2, 0.25) is 0 Å². The number of carbonyl (C=O) groups is 1. The molecule has 0 fully saturated rings. The average Bonchev–Trinajstić information content (AvgIpc) is 2.40. The molecule has 0 amide bonds. The van der Waals surface area contributed by atoms with Crippen LogP contribution in [-0.2, 0) is 0 Å². The third-order valence-electron chi connectivity index (χ3n) is 2.47. The Bertz CT molecular complexity index is 505. The Balaban J connectivity index is 2.37. The first-order valence-electron chi connectivity index (χ1n) is 5.64. The lowest BCUT2D eigenvalue weighted by Crippen LogP contribution is -2.02. The van der Waals surface area contributed by atoms with E-state index in [1.54, 1.807) is 11.8 Å². The first kappa shape index (κ1) is 11.9. The van der Waals surface area contributed by atoms with E-state index in [4.69, 9.17) is 0 Å². The van der Waals surface area contributed by atoms with Crippen LogP contribution in [0.4, 0.5) is 0 Å². The standard InChI is InChI=1S/C15H14OS/c1-2-17-14-11-7-6-10-13(14)15(16)12-8-4-3-5-9-12/h3-11H,2H2,1H3. The third kappa shape index (κ3) is 2.77. The van der Waals surface area contributed by atoms with Crippen molar-refractivity contribution in [3.63, 3.8) is 0 Å². The van der Waals surface area contributed by atoms with Gasteiger partial charge in [-0.2, -0.15) is 0 Å². The van der Waals surface area contributed by atoms with Crippen molar-refractivity contribution in [3.8, 4) is 0 Å². The number of rotatable bonds is 4. The number of hydrogen-bond donors (Lipinski definition) is 0. The summed E-state index contributed by atoms with van der Waals surface area (Å²) < 4.78 is 0. The van der Waals surface area contributed by atoms with Gasteiger partial charge in [-0.15, -0.1) is 11.8 Å². The van der Waals surface area contributed by atoms with Gasteiger partial charge >= 0.3 is 0 Å². The van der Waals surface area contributed by atoms with E-state index in [2.05, 4.69) is 6.92 Å². The van der Waals surface area contributed by atoms with Gasteiger partial charge in [-0.3, -0.25) is 4.79 Å². The predicted octanol–water partition coefficient (Wildman–Crippen LogP) is 4.03. The molecule has 2 rings (SSSR count).